The summed E-state index contributed by atoms with van der Waals surface area (Å²) in [5.41, 5.74) is 5.42. The van der Waals surface area contributed by atoms with E-state index in [0.29, 0.717) is 6.04 Å². The molecule has 1 rings (SSSR count). The van der Waals surface area contributed by atoms with Crippen LogP contribution in [0.1, 0.15) is 6.42 Å². The lowest BCUT2D eigenvalue weighted by atomic mass is 10.7. The molecule has 0 aliphatic heterocycles. The Labute approximate surface area is 51.2 Å². The first-order chi connectivity index (χ1) is 3.70. The van der Waals surface area contributed by atoms with E-state index in [1.54, 1.807) is 6.26 Å². The predicted molar refractivity (Wildman–Crippen MR) is 33.6 cm³/mol. The number of nitrogens with two attached hydrogens (primary N) is 1. The predicted octanol–water partition coefficient (Wildman–Crippen LogP) is -1.03. The highest BCUT2D eigenvalue weighted by molar-refractivity contribution is 7.82. The highest BCUT2D eigenvalue weighted by Crippen LogP contribution is 2.17. The van der Waals surface area contributed by atoms with E-state index in [1.807, 2.05) is 0 Å². The van der Waals surface area contributed by atoms with Gasteiger partial charge in [-0.05, 0) is 6.42 Å². The highest BCUT2D eigenvalue weighted by Gasteiger charge is 2.33. The molecular weight excluding hydrogens is 124 g/mol. The Morgan fingerprint density at radius 2 is 2.38 bits per heavy atom. The number of rotatable bonds is 2. The minimum atomic E-state index is -0.884. The van der Waals surface area contributed by atoms with Crippen molar-refractivity contribution >= 4 is 11.0 Å². The van der Waals surface area contributed by atoms with Crippen LogP contribution in [0.4, 0.5) is 0 Å². The van der Waals surface area contributed by atoms with Crippen LogP contribution in [0, 0.1) is 0 Å². The monoisotopic (exact) mass is 134 g/mol. The second kappa shape index (κ2) is 2.13. The zero-order chi connectivity index (χ0) is 6.15. The van der Waals surface area contributed by atoms with Crippen molar-refractivity contribution in [3.63, 3.8) is 0 Å². The van der Waals surface area contributed by atoms with Crippen LogP contribution in [0.3, 0.4) is 0 Å². The zero-order valence-corrected chi connectivity index (χ0v) is 5.57. The fourth-order valence-electron chi connectivity index (χ4n) is 0.563. The van der Waals surface area contributed by atoms with E-state index in [9.17, 15) is 4.21 Å². The number of hydrogen-bond donors (Lipinski definition) is 2. The molecule has 3 N–H and O–H groups in total. The van der Waals surface area contributed by atoms with Crippen molar-refractivity contribution in [2.75, 3.05) is 6.26 Å². The molecule has 0 amide bonds. The van der Waals surface area contributed by atoms with Crippen LogP contribution in [-0.4, -0.2) is 22.5 Å². The molecule has 0 bridgehead atoms. The average molecular weight is 134 g/mol. The van der Waals surface area contributed by atoms with Crippen LogP contribution in [0.2, 0.25) is 0 Å². The van der Waals surface area contributed by atoms with Crippen molar-refractivity contribution in [2.24, 2.45) is 5.73 Å². The molecule has 8 heavy (non-hydrogen) atoms. The van der Waals surface area contributed by atoms with Crippen molar-refractivity contribution in [1.29, 1.82) is 0 Å². The first-order valence-electron chi connectivity index (χ1n) is 2.55. The summed E-state index contributed by atoms with van der Waals surface area (Å²) in [4.78, 5) is 0. The molecule has 0 heterocycles. The van der Waals surface area contributed by atoms with Crippen molar-refractivity contribution < 1.29 is 4.21 Å². The van der Waals surface area contributed by atoms with Crippen LogP contribution < -0.4 is 10.5 Å². The van der Waals surface area contributed by atoms with Crippen LogP contribution in [0.15, 0.2) is 0 Å². The fraction of sp³-hybridized carbons (Fsp3) is 1.00. The second-order valence-electron chi connectivity index (χ2n) is 2.08. The van der Waals surface area contributed by atoms with E-state index >= 15 is 0 Å². The maximum absolute atomic E-state index is 10.4. The van der Waals surface area contributed by atoms with Crippen LogP contribution in [0.5, 0.6) is 0 Å². The van der Waals surface area contributed by atoms with E-state index < -0.39 is 11.0 Å². The Kier molecular flexibility index (Phi) is 1.65. The molecule has 0 aromatic heterocycles. The first kappa shape index (κ1) is 6.19. The quantitative estimate of drug-likeness (QED) is 0.507. The molecule has 0 radical (unpaired) electrons. The van der Waals surface area contributed by atoms with Crippen LogP contribution in [-0.2, 0) is 11.0 Å². The van der Waals surface area contributed by atoms with E-state index in [-0.39, 0.29) is 6.04 Å². The van der Waals surface area contributed by atoms with Gasteiger partial charge in [-0.15, -0.1) is 0 Å². The molecule has 3 atom stereocenters. The summed E-state index contributed by atoms with van der Waals surface area (Å²) < 4.78 is 13.2. The molecular formula is C4H10N2OS. The van der Waals surface area contributed by atoms with Crippen molar-refractivity contribution in [3.05, 3.63) is 0 Å². The van der Waals surface area contributed by atoms with Crippen molar-refractivity contribution in [1.82, 2.24) is 4.72 Å². The van der Waals surface area contributed by atoms with Gasteiger partial charge in [0.2, 0.25) is 0 Å². The normalized spacial score (nSPS) is 39.2. The molecule has 3 unspecified atom stereocenters. The largest absolute Gasteiger partial charge is 0.326 e. The van der Waals surface area contributed by atoms with Crippen LogP contribution >= 0.6 is 0 Å². The molecule has 0 saturated heterocycles. The van der Waals surface area contributed by atoms with E-state index in [4.69, 9.17) is 5.73 Å². The summed E-state index contributed by atoms with van der Waals surface area (Å²) in [5.74, 6) is 0. The topological polar surface area (TPSA) is 55.1 Å². The molecule has 48 valence electrons. The van der Waals surface area contributed by atoms with Crippen LogP contribution in [0.25, 0.3) is 0 Å². The van der Waals surface area contributed by atoms with Gasteiger partial charge >= 0.3 is 0 Å². The zero-order valence-electron chi connectivity index (χ0n) is 4.76. The lowest BCUT2D eigenvalue weighted by Gasteiger charge is -1.93. The molecule has 3 nitrogen and oxygen atoms in total. The summed E-state index contributed by atoms with van der Waals surface area (Å²) in [7, 11) is -0.884. The van der Waals surface area contributed by atoms with Gasteiger partial charge in [-0.3, -0.25) is 0 Å². The third-order valence-corrected chi connectivity index (χ3v) is 1.79. The molecule has 4 heteroatoms. The Balaban J connectivity index is 2.14. The summed E-state index contributed by atoms with van der Waals surface area (Å²) in [6, 6.07) is 0.569. The van der Waals surface area contributed by atoms with Gasteiger partial charge in [-0.1, -0.05) is 0 Å². The summed E-state index contributed by atoms with van der Waals surface area (Å²) in [5, 5.41) is 0. The molecule has 0 spiro atoms. The molecule has 1 fully saturated rings. The standard InChI is InChI=1S/C4H10N2OS/c1-8(7)6-4-2-3(4)5/h3-4,6H,2,5H2,1H3. The SMILES string of the molecule is CS(=O)NC1CC1N. The van der Waals surface area contributed by atoms with Gasteiger partial charge in [0.15, 0.2) is 0 Å². The van der Waals surface area contributed by atoms with Gasteiger partial charge in [0, 0.05) is 18.3 Å². The summed E-state index contributed by atoms with van der Waals surface area (Å²) in [6.45, 7) is 0. The summed E-state index contributed by atoms with van der Waals surface area (Å²) in [6.07, 6.45) is 2.59. The smallest absolute Gasteiger partial charge is 0.0886 e. The maximum Gasteiger partial charge on any atom is 0.0886 e. The molecule has 1 aliphatic carbocycles. The van der Waals surface area contributed by atoms with Crippen molar-refractivity contribution in [2.45, 2.75) is 18.5 Å². The molecule has 0 aromatic carbocycles. The van der Waals surface area contributed by atoms with Crippen molar-refractivity contribution in [3.8, 4) is 0 Å². The molecule has 1 saturated carbocycles. The lowest BCUT2D eigenvalue weighted by Crippen LogP contribution is -2.23. The van der Waals surface area contributed by atoms with Gasteiger partial charge in [-0.2, -0.15) is 0 Å². The van der Waals surface area contributed by atoms with Gasteiger partial charge in [0.05, 0.1) is 11.0 Å². The molecule has 1 aliphatic rings. The van der Waals surface area contributed by atoms with E-state index in [1.165, 1.54) is 0 Å². The third kappa shape index (κ3) is 1.54. The minimum Gasteiger partial charge on any atom is -0.326 e. The average Bonchev–Trinajstić information content (AvgIpc) is 2.17. The highest BCUT2D eigenvalue weighted by atomic mass is 32.2. The van der Waals surface area contributed by atoms with Gasteiger partial charge in [0.25, 0.3) is 0 Å². The summed E-state index contributed by atoms with van der Waals surface area (Å²) >= 11 is 0. The lowest BCUT2D eigenvalue weighted by molar-refractivity contribution is 0.674. The van der Waals surface area contributed by atoms with Gasteiger partial charge in [0.1, 0.15) is 0 Å². The Morgan fingerprint density at radius 1 is 1.88 bits per heavy atom. The maximum atomic E-state index is 10.4. The van der Waals surface area contributed by atoms with Gasteiger partial charge in [-0.25, -0.2) is 8.93 Å². The fourth-order valence-corrected chi connectivity index (χ4v) is 1.26. The van der Waals surface area contributed by atoms with E-state index in [2.05, 4.69) is 4.72 Å². The van der Waals surface area contributed by atoms with E-state index in [0.717, 1.165) is 6.42 Å². The minimum absolute atomic E-state index is 0.249. The second-order valence-corrected chi connectivity index (χ2v) is 3.22. The Morgan fingerprint density at radius 3 is 2.50 bits per heavy atom. The Bertz CT molecular complexity index is 117. The third-order valence-electron chi connectivity index (χ3n) is 1.16. The molecule has 0 aromatic rings. The number of nitrogens with one attached hydrogen (secondary N) is 1. The Hall–Kier alpha value is 0.0700. The first-order valence-corrected chi connectivity index (χ1v) is 4.11. The van der Waals surface area contributed by atoms with Gasteiger partial charge < -0.3 is 5.73 Å². The number of hydrogen-bond acceptors (Lipinski definition) is 2.